The topological polar surface area (TPSA) is 37.4 Å². The lowest BCUT2D eigenvalue weighted by molar-refractivity contribution is -0.113. The van der Waals surface area contributed by atoms with E-state index in [-0.39, 0.29) is 10.3 Å². The first-order valence-electron chi connectivity index (χ1n) is 6.44. The molecular weight excluding hydrogens is 377 g/mol. The molecule has 0 unspecified atom stereocenters. The first-order valence-corrected chi connectivity index (χ1v) is 8.39. The molecule has 2 aromatic carbocycles. The molecule has 0 saturated carbocycles. The first kappa shape index (κ1) is 16.4. The first-order chi connectivity index (χ1) is 11.0. The number of anilines is 1. The van der Waals surface area contributed by atoms with E-state index in [0.29, 0.717) is 20.6 Å². The third-order valence-corrected chi connectivity index (χ3v) is 4.98. The highest BCUT2D eigenvalue weighted by Crippen LogP contribution is 2.37. The summed E-state index contributed by atoms with van der Waals surface area (Å²) < 4.78 is 0. The lowest BCUT2D eigenvalue weighted by Crippen LogP contribution is -2.27. The average Bonchev–Trinajstić information content (AvgIpc) is 2.79. The van der Waals surface area contributed by atoms with Crippen LogP contribution in [0, 0.1) is 0 Å². The van der Waals surface area contributed by atoms with Crippen LogP contribution in [0.2, 0.25) is 15.1 Å². The molecule has 3 rings (SSSR count). The summed E-state index contributed by atoms with van der Waals surface area (Å²) in [5, 5.41) is 0.864. The van der Waals surface area contributed by atoms with Gasteiger partial charge in [-0.15, -0.1) is 0 Å². The maximum Gasteiger partial charge on any atom is 0.298 e. The van der Waals surface area contributed by atoms with Crippen molar-refractivity contribution in [3.8, 4) is 0 Å². The Balaban J connectivity index is 1.93. The van der Waals surface area contributed by atoms with Crippen molar-refractivity contribution >= 4 is 69.5 Å². The third-order valence-electron chi connectivity index (χ3n) is 3.12. The third kappa shape index (κ3) is 3.40. The van der Waals surface area contributed by atoms with Crippen LogP contribution >= 0.6 is 46.6 Å². The Morgan fingerprint density at radius 1 is 0.913 bits per heavy atom. The van der Waals surface area contributed by atoms with Crippen molar-refractivity contribution in [2.45, 2.75) is 0 Å². The molecule has 0 radical (unpaired) electrons. The van der Waals surface area contributed by atoms with Crippen LogP contribution in [0.5, 0.6) is 0 Å². The highest BCUT2D eigenvalue weighted by molar-refractivity contribution is 8.19. The summed E-state index contributed by atoms with van der Waals surface area (Å²) in [6.07, 6.45) is 1.65. The minimum atomic E-state index is -0.395. The number of thioether (sulfide) groups is 1. The lowest BCUT2D eigenvalue weighted by Gasteiger charge is -2.13. The minimum absolute atomic E-state index is 0.282. The van der Waals surface area contributed by atoms with Crippen LogP contribution in [0.25, 0.3) is 6.08 Å². The molecule has 0 atom stereocenters. The summed E-state index contributed by atoms with van der Waals surface area (Å²) in [5.41, 5.74) is 1.18. The number of imide groups is 1. The molecule has 1 fully saturated rings. The highest BCUT2D eigenvalue weighted by atomic mass is 35.5. The van der Waals surface area contributed by atoms with E-state index in [1.165, 1.54) is 6.07 Å². The number of carbonyl (C=O) groups excluding carboxylic acids is 2. The van der Waals surface area contributed by atoms with E-state index in [0.717, 1.165) is 22.2 Å². The van der Waals surface area contributed by atoms with Gasteiger partial charge in [-0.1, -0.05) is 46.9 Å². The van der Waals surface area contributed by atoms with Crippen molar-refractivity contribution in [2.24, 2.45) is 0 Å². The van der Waals surface area contributed by atoms with Crippen molar-refractivity contribution in [1.29, 1.82) is 0 Å². The van der Waals surface area contributed by atoms with Crippen LogP contribution in [0.4, 0.5) is 10.5 Å². The van der Waals surface area contributed by atoms with Gasteiger partial charge in [-0.3, -0.25) is 9.59 Å². The molecule has 0 N–H and O–H groups in total. The van der Waals surface area contributed by atoms with E-state index in [4.69, 9.17) is 34.8 Å². The Hall–Kier alpha value is -1.46. The van der Waals surface area contributed by atoms with Crippen molar-refractivity contribution in [3.05, 3.63) is 68.0 Å². The van der Waals surface area contributed by atoms with Crippen molar-refractivity contribution in [2.75, 3.05) is 4.90 Å². The predicted molar refractivity (Wildman–Crippen MR) is 96.4 cm³/mol. The fourth-order valence-corrected chi connectivity index (χ4v) is 3.28. The average molecular weight is 385 g/mol. The number of carbonyl (C=O) groups is 2. The number of hydrogen-bond acceptors (Lipinski definition) is 3. The Bertz CT molecular complexity index is 834. The SMILES string of the molecule is O=C1S/C(=C\c2ccc(Cl)cc2)C(=O)N1c1ccc(Cl)c(Cl)c1. The monoisotopic (exact) mass is 383 g/mol. The normalized spacial score (nSPS) is 16.5. The number of hydrogen-bond donors (Lipinski definition) is 0. The van der Waals surface area contributed by atoms with E-state index < -0.39 is 5.91 Å². The fraction of sp³-hybridized carbons (Fsp3) is 0. The van der Waals surface area contributed by atoms with Crippen LogP contribution in [0.15, 0.2) is 47.4 Å². The molecule has 1 aliphatic rings. The lowest BCUT2D eigenvalue weighted by atomic mass is 10.2. The molecule has 2 aromatic rings. The second-order valence-corrected chi connectivity index (χ2v) is 6.91. The van der Waals surface area contributed by atoms with Gasteiger partial charge in [0.25, 0.3) is 11.1 Å². The van der Waals surface area contributed by atoms with E-state index in [1.54, 1.807) is 42.5 Å². The van der Waals surface area contributed by atoms with Gasteiger partial charge in [-0.2, -0.15) is 0 Å². The molecular formula is C16H8Cl3NO2S. The van der Waals surface area contributed by atoms with E-state index in [9.17, 15) is 9.59 Å². The van der Waals surface area contributed by atoms with Gasteiger partial charge in [0.15, 0.2) is 0 Å². The molecule has 1 aliphatic heterocycles. The molecule has 1 saturated heterocycles. The van der Waals surface area contributed by atoms with E-state index >= 15 is 0 Å². The largest absolute Gasteiger partial charge is 0.298 e. The number of halogens is 3. The van der Waals surface area contributed by atoms with Gasteiger partial charge < -0.3 is 0 Å². The molecule has 2 amide bonds. The van der Waals surface area contributed by atoms with Gasteiger partial charge in [0.05, 0.1) is 20.6 Å². The number of nitrogens with zero attached hydrogens (tertiary/aromatic N) is 1. The van der Waals surface area contributed by atoms with Crippen LogP contribution in [0.1, 0.15) is 5.56 Å². The van der Waals surface area contributed by atoms with Crippen molar-refractivity contribution in [3.63, 3.8) is 0 Å². The Labute approximate surface area is 151 Å². The quantitative estimate of drug-likeness (QED) is 0.606. The van der Waals surface area contributed by atoms with Gasteiger partial charge in [0.2, 0.25) is 0 Å². The maximum absolute atomic E-state index is 12.5. The summed E-state index contributed by atoms with van der Waals surface area (Å²) in [7, 11) is 0. The second-order valence-electron chi connectivity index (χ2n) is 4.67. The number of amides is 2. The summed E-state index contributed by atoms with van der Waals surface area (Å²) in [6, 6.07) is 11.6. The minimum Gasteiger partial charge on any atom is -0.268 e. The maximum atomic E-state index is 12.5. The summed E-state index contributed by atoms with van der Waals surface area (Å²) in [5.74, 6) is -0.395. The Morgan fingerprint density at radius 3 is 2.26 bits per heavy atom. The standard InChI is InChI=1S/C16H8Cl3NO2S/c17-10-3-1-9(2-4-10)7-14-15(21)20(16(22)23-14)11-5-6-12(18)13(19)8-11/h1-8H/b14-7-. The van der Waals surface area contributed by atoms with Gasteiger partial charge in [-0.05, 0) is 53.7 Å². The Kier molecular flexibility index (Phi) is 4.69. The smallest absolute Gasteiger partial charge is 0.268 e. The predicted octanol–water partition coefficient (Wildman–Crippen LogP) is 5.89. The summed E-state index contributed by atoms with van der Waals surface area (Å²) >= 11 is 18.5. The van der Waals surface area contributed by atoms with Crippen LogP contribution in [-0.2, 0) is 4.79 Å². The van der Waals surface area contributed by atoms with E-state index in [1.807, 2.05) is 0 Å². The molecule has 1 heterocycles. The molecule has 116 valence electrons. The molecule has 23 heavy (non-hydrogen) atoms. The van der Waals surface area contributed by atoms with Crippen LogP contribution in [0.3, 0.4) is 0 Å². The molecule has 0 spiro atoms. The van der Waals surface area contributed by atoms with Crippen molar-refractivity contribution < 1.29 is 9.59 Å². The van der Waals surface area contributed by atoms with Gasteiger partial charge in [-0.25, -0.2) is 4.90 Å². The van der Waals surface area contributed by atoms with Crippen molar-refractivity contribution in [1.82, 2.24) is 0 Å². The van der Waals surface area contributed by atoms with Crippen LogP contribution in [-0.4, -0.2) is 11.1 Å². The number of benzene rings is 2. The molecule has 0 aliphatic carbocycles. The van der Waals surface area contributed by atoms with Gasteiger partial charge >= 0.3 is 0 Å². The number of rotatable bonds is 2. The molecule has 0 bridgehead atoms. The highest BCUT2D eigenvalue weighted by Gasteiger charge is 2.36. The fourth-order valence-electron chi connectivity index (χ4n) is 2.02. The zero-order valence-electron chi connectivity index (χ0n) is 11.4. The molecule has 7 heteroatoms. The van der Waals surface area contributed by atoms with Gasteiger partial charge in [0.1, 0.15) is 0 Å². The molecule has 3 nitrogen and oxygen atoms in total. The second kappa shape index (κ2) is 6.57. The van der Waals surface area contributed by atoms with E-state index in [2.05, 4.69) is 0 Å². The zero-order valence-corrected chi connectivity index (χ0v) is 14.5. The summed E-state index contributed by atoms with van der Waals surface area (Å²) in [4.78, 5) is 26.1. The van der Waals surface area contributed by atoms with Crippen LogP contribution < -0.4 is 4.90 Å². The zero-order chi connectivity index (χ0) is 16.6. The van der Waals surface area contributed by atoms with Gasteiger partial charge in [0, 0.05) is 5.02 Å². The Morgan fingerprint density at radius 2 is 1.61 bits per heavy atom. The molecule has 0 aromatic heterocycles. The summed E-state index contributed by atoms with van der Waals surface area (Å²) in [6.45, 7) is 0.